The summed E-state index contributed by atoms with van der Waals surface area (Å²) in [5, 5.41) is 11.9. The molecule has 1 saturated heterocycles. The summed E-state index contributed by atoms with van der Waals surface area (Å²) in [6.07, 6.45) is 2.88. The van der Waals surface area contributed by atoms with E-state index in [-0.39, 0.29) is 16.9 Å². The predicted molar refractivity (Wildman–Crippen MR) is 119 cm³/mol. The van der Waals surface area contributed by atoms with Crippen LogP contribution in [0.5, 0.6) is 0 Å². The lowest BCUT2D eigenvalue weighted by molar-refractivity contribution is 0.0843. The molecule has 1 fully saturated rings. The maximum atomic E-state index is 13.1. The molecule has 30 heavy (non-hydrogen) atoms. The minimum absolute atomic E-state index is 0.0690. The summed E-state index contributed by atoms with van der Waals surface area (Å²) < 4.78 is 7.14. The van der Waals surface area contributed by atoms with Crippen LogP contribution in [0.15, 0.2) is 34.9 Å². The second-order valence-electron chi connectivity index (χ2n) is 7.18. The first-order valence-corrected chi connectivity index (χ1v) is 10.8. The number of rotatable bonds is 4. The lowest BCUT2D eigenvalue weighted by Gasteiger charge is -2.39. The van der Waals surface area contributed by atoms with E-state index in [1.54, 1.807) is 29.9 Å². The molecule has 1 aliphatic rings. The number of carbonyl (C=O) groups is 1. The van der Waals surface area contributed by atoms with Gasteiger partial charge in [0.25, 0.3) is 5.91 Å². The Morgan fingerprint density at radius 2 is 1.87 bits per heavy atom. The molecule has 0 radical (unpaired) electrons. The molecule has 0 aliphatic carbocycles. The first-order chi connectivity index (χ1) is 14.3. The van der Waals surface area contributed by atoms with Crippen molar-refractivity contribution in [3.8, 4) is 11.3 Å². The lowest BCUT2D eigenvalue weighted by Crippen LogP contribution is -2.52. The van der Waals surface area contributed by atoms with Gasteiger partial charge in [0.05, 0.1) is 38.1 Å². The Balaban J connectivity index is 1.67. The molecule has 3 aromatic rings. The number of hydrogen-bond donors (Lipinski definition) is 2. The fraction of sp³-hybridized carbons (Fsp3) is 0.300. The average Bonchev–Trinajstić information content (AvgIpc) is 3.26. The van der Waals surface area contributed by atoms with Gasteiger partial charge in [0, 0.05) is 13.1 Å². The number of piperidine rings is 1. The molecule has 2 N–H and O–H groups in total. The summed E-state index contributed by atoms with van der Waals surface area (Å²) in [5.74, 6) is -0.292. The van der Waals surface area contributed by atoms with E-state index in [9.17, 15) is 4.79 Å². The van der Waals surface area contributed by atoms with E-state index < -0.39 is 5.54 Å². The van der Waals surface area contributed by atoms with Gasteiger partial charge in [0.1, 0.15) is 0 Å². The van der Waals surface area contributed by atoms with Crippen LogP contribution < -0.4 is 10.6 Å². The summed E-state index contributed by atoms with van der Waals surface area (Å²) >= 11 is 24.8. The quantitative estimate of drug-likeness (QED) is 0.523. The van der Waals surface area contributed by atoms with Gasteiger partial charge >= 0.3 is 0 Å². The highest BCUT2D eigenvalue weighted by Crippen LogP contribution is 2.37. The van der Waals surface area contributed by atoms with E-state index in [1.165, 1.54) is 6.20 Å². The third-order valence-electron chi connectivity index (χ3n) is 5.34. The smallest absolute Gasteiger partial charge is 0.287 e. The molecule has 1 aromatic carbocycles. The first-order valence-electron chi connectivity index (χ1n) is 9.27. The Hall–Kier alpha value is -1.70. The Morgan fingerprint density at radius 1 is 1.13 bits per heavy atom. The second-order valence-corrected chi connectivity index (χ2v) is 8.74. The molecule has 0 saturated carbocycles. The molecule has 0 bridgehead atoms. The van der Waals surface area contributed by atoms with Crippen LogP contribution in [0, 0.1) is 0 Å². The maximum absolute atomic E-state index is 13.1. The van der Waals surface area contributed by atoms with Crippen molar-refractivity contribution in [1.82, 2.24) is 20.4 Å². The van der Waals surface area contributed by atoms with Gasteiger partial charge < -0.3 is 15.1 Å². The standard InChI is InChI=1S/C20H18Cl4N4O2/c1-28-17(15(23)10-26-28)12-9-16(30-18(12)24)19(29)27-20(4-6-25-7-5-20)11-2-3-13(21)14(22)8-11/h2-3,8-10,25H,4-7H2,1H3,(H,27,29). The predicted octanol–water partition coefficient (Wildman–Crippen LogP) is 5.30. The third-order valence-corrected chi connectivity index (χ3v) is 6.64. The zero-order chi connectivity index (χ0) is 21.5. The van der Waals surface area contributed by atoms with Gasteiger partial charge in [-0.2, -0.15) is 5.10 Å². The van der Waals surface area contributed by atoms with Crippen molar-refractivity contribution in [3.05, 3.63) is 62.1 Å². The number of halogens is 4. The largest absolute Gasteiger partial charge is 0.439 e. The number of furan rings is 1. The van der Waals surface area contributed by atoms with Crippen LogP contribution in [-0.4, -0.2) is 28.8 Å². The van der Waals surface area contributed by atoms with Gasteiger partial charge in [0.15, 0.2) is 5.76 Å². The SMILES string of the molecule is Cn1ncc(Cl)c1-c1cc(C(=O)NC2(c3ccc(Cl)c(Cl)c3)CCNCC2)oc1Cl. The van der Waals surface area contributed by atoms with Gasteiger partial charge in [-0.3, -0.25) is 9.48 Å². The van der Waals surface area contributed by atoms with E-state index in [0.717, 1.165) is 18.7 Å². The molecule has 1 aliphatic heterocycles. The molecule has 6 nitrogen and oxygen atoms in total. The molecule has 10 heteroatoms. The van der Waals surface area contributed by atoms with Crippen molar-refractivity contribution >= 4 is 52.3 Å². The van der Waals surface area contributed by atoms with Crippen molar-refractivity contribution in [3.63, 3.8) is 0 Å². The molecule has 158 valence electrons. The molecular weight excluding hydrogens is 470 g/mol. The number of carbonyl (C=O) groups excluding carboxylic acids is 1. The van der Waals surface area contributed by atoms with Gasteiger partial charge in [0.2, 0.25) is 5.22 Å². The molecule has 3 heterocycles. The minimum Gasteiger partial charge on any atom is -0.439 e. The van der Waals surface area contributed by atoms with Crippen LogP contribution in [0.2, 0.25) is 20.3 Å². The Kier molecular flexibility index (Phi) is 6.06. The van der Waals surface area contributed by atoms with Gasteiger partial charge in [-0.25, -0.2) is 0 Å². The van der Waals surface area contributed by atoms with Crippen LogP contribution in [0.25, 0.3) is 11.3 Å². The summed E-state index contributed by atoms with van der Waals surface area (Å²) in [4.78, 5) is 13.1. The zero-order valence-electron chi connectivity index (χ0n) is 15.9. The van der Waals surface area contributed by atoms with E-state index in [0.29, 0.717) is 39.2 Å². The first kappa shape index (κ1) is 21.5. The summed E-state index contributed by atoms with van der Waals surface area (Å²) in [7, 11) is 1.73. The van der Waals surface area contributed by atoms with E-state index in [2.05, 4.69) is 15.7 Å². The molecule has 4 rings (SSSR count). The lowest BCUT2D eigenvalue weighted by atomic mass is 9.81. The van der Waals surface area contributed by atoms with Crippen molar-refractivity contribution < 1.29 is 9.21 Å². The number of hydrogen-bond acceptors (Lipinski definition) is 4. The Bertz CT molecular complexity index is 1080. The third kappa shape index (κ3) is 3.95. The fourth-order valence-corrected chi connectivity index (χ4v) is 4.56. The maximum Gasteiger partial charge on any atom is 0.287 e. The average molecular weight is 488 g/mol. The van der Waals surface area contributed by atoms with Crippen LogP contribution in [0.1, 0.15) is 29.0 Å². The van der Waals surface area contributed by atoms with Crippen LogP contribution in [-0.2, 0) is 12.6 Å². The normalized spacial score (nSPS) is 15.9. The number of aromatic nitrogens is 2. The second kappa shape index (κ2) is 8.44. The highest BCUT2D eigenvalue weighted by Gasteiger charge is 2.37. The van der Waals surface area contributed by atoms with Gasteiger partial charge in [-0.1, -0.05) is 40.9 Å². The van der Waals surface area contributed by atoms with Gasteiger partial charge in [-0.05, 0) is 55.2 Å². The molecule has 0 spiro atoms. The molecule has 0 atom stereocenters. The topological polar surface area (TPSA) is 72.1 Å². The molecule has 0 unspecified atom stereocenters. The van der Waals surface area contributed by atoms with Gasteiger partial charge in [-0.15, -0.1) is 0 Å². The number of aryl methyl sites for hydroxylation is 1. The van der Waals surface area contributed by atoms with Crippen LogP contribution in [0.3, 0.4) is 0 Å². The van der Waals surface area contributed by atoms with E-state index >= 15 is 0 Å². The van der Waals surface area contributed by atoms with Crippen molar-refractivity contribution in [2.24, 2.45) is 7.05 Å². The summed E-state index contributed by atoms with van der Waals surface area (Å²) in [6, 6.07) is 6.99. The zero-order valence-corrected chi connectivity index (χ0v) is 19.0. The highest BCUT2D eigenvalue weighted by atomic mass is 35.5. The summed E-state index contributed by atoms with van der Waals surface area (Å²) in [5.41, 5.74) is 1.35. The van der Waals surface area contributed by atoms with Crippen LogP contribution in [0.4, 0.5) is 0 Å². The minimum atomic E-state index is -0.611. The number of nitrogens with zero attached hydrogens (tertiary/aromatic N) is 2. The monoisotopic (exact) mass is 486 g/mol. The Labute approximate surface area is 193 Å². The van der Waals surface area contributed by atoms with E-state index in [1.807, 2.05) is 6.07 Å². The van der Waals surface area contributed by atoms with Crippen LogP contribution >= 0.6 is 46.4 Å². The highest BCUT2D eigenvalue weighted by molar-refractivity contribution is 6.42. The number of nitrogens with one attached hydrogen (secondary N) is 2. The van der Waals surface area contributed by atoms with Crippen molar-refractivity contribution in [2.75, 3.05) is 13.1 Å². The molecule has 2 aromatic heterocycles. The fourth-order valence-electron chi connectivity index (χ4n) is 3.77. The Morgan fingerprint density at radius 3 is 2.50 bits per heavy atom. The number of amides is 1. The molecular formula is C20H18Cl4N4O2. The summed E-state index contributed by atoms with van der Waals surface area (Å²) in [6.45, 7) is 1.49. The van der Waals surface area contributed by atoms with Crippen molar-refractivity contribution in [2.45, 2.75) is 18.4 Å². The molecule has 1 amide bonds. The van der Waals surface area contributed by atoms with E-state index in [4.69, 9.17) is 50.8 Å². The van der Waals surface area contributed by atoms with Crippen molar-refractivity contribution in [1.29, 1.82) is 0 Å². The number of benzene rings is 1.